The van der Waals surface area contributed by atoms with E-state index in [0.717, 1.165) is 4.90 Å². The van der Waals surface area contributed by atoms with E-state index in [1.54, 1.807) is 24.1 Å². The van der Waals surface area contributed by atoms with Crippen molar-refractivity contribution in [3.05, 3.63) is 53.4 Å². The van der Waals surface area contributed by atoms with E-state index in [1.165, 1.54) is 23.6 Å². The number of carbonyl (C=O) groups excluding carboxylic acids is 2. The van der Waals surface area contributed by atoms with Crippen LogP contribution in [0, 0.1) is 0 Å². The van der Waals surface area contributed by atoms with Crippen LogP contribution in [0.15, 0.2) is 52.0 Å². The predicted octanol–water partition coefficient (Wildman–Crippen LogP) is 4.23. The predicted molar refractivity (Wildman–Crippen MR) is 103 cm³/mol. The Morgan fingerprint density at radius 1 is 1.35 bits per heavy atom. The van der Waals surface area contributed by atoms with E-state index in [1.807, 2.05) is 30.3 Å². The van der Waals surface area contributed by atoms with Crippen LogP contribution in [0.2, 0.25) is 5.02 Å². The van der Waals surface area contributed by atoms with E-state index in [-0.39, 0.29) is 23.9 Å². The Hall–Kier alpha value is -1.57. The molecule has 2 heterocycles. The zero-order chi connectivity index (χ0) is 18.5. The van der Waals surface area contributed by atoms with Crippen molar-refractivity contribution in [1.29, 1.82) is 0 Å². The van der Waals surface area contributed by atoms with Gasteiger partial charge in [0.1, 0.15) is 23.8 Å². The Morgan fingerprint density at radius 2 is 2.12 bits per heavy atom. The molecule has 1 amide bonds. The second-order valence-electron chi connectivity index (χ2n) is 5.61. The van der Waals surface area contributed by atoms with Crippen LogP contribution in [0.3, 0.4) is 0 Å². The first-order valence-corrected chi connectivity index (χ1v) is 10.5. The number of carbonyl (C=O) groups is 2. The summed E-state index contributed by atoms with van der Waals surface area (Å²) in [6.07, 6.45) is 1.56. The summed E-state index contributed by atoms with van der Waals surface area (Å²) >= 11 is 8.94. The fourth-order valence-electron chi connectivity index (χ4n) is 2.65. The number of furan rings is 1. The van der Waals surface area contributed by atoms with Gasteiger partial charge >= 0.3 is 5.97 Å². The third kappa shape index (κ3) is 4.58. The van der Waals surface area contributed by atoms with Crippen molar-refractivity contribution in [2.24, 2.45) is 0 Å². The molecule has 0 saturated carbocycles. The molecule has 1 saturated heterocycles. The highest BCUT2D eigenvalue weighted by molar-refractivity contribution is 7.99. The molecule has 1 aliphatic heterocycles. The largest absolute Gasteiger partial charge is 0.466 e. The maximum absolute atomic E-state index is 12.4. The van der Waals surface area contributed by atoms with Crippen LogP contribution in [-0.2, 0) is 14.3 Å². The van der Waals surface area contributed by atoms with E-state index in [0.29, 0.717) is 22.3 Å². The molecule has 138 valence electrons. The molecule has 1 fully saturated rings. The van der Waals surface area contributed by atoms with Crippen LogP contribution in [0.1, 0.15) is 18.1 Å². The monoisotopic (exact) mass is 411 g/mol. The molecule has 5 nitrogen and oxygen atoms in total. The van der Waals surface area contributed by atoms with Gasteiger partial charge in [0.05, 0.1) is 6.26 Å². The first kappa shape index (κ1) is 19.2. The van der Waals surface area contributed by atoms with E-state index >= 15 is 0 Å². The summed E-state index contributed by atoms with van der Waals surface area (Å²) < 4.78 is 10.8. The SMILES string of the molecule is CC(=O)N1[C@@H](c2ccco2)SC[C@H]1C(=O)OCCSc1ccc(Cl)cc1. The number of hydrogen-bond acceptors (Lipinski definition) is 6. The lowest BCUT2D eigenvalue weighted by Gasteiger charge is -2.25. The van der Waals surface area contributed by atoms with Crippen molar-refractivity contribution in [2.75, 3.05) is 18.1 Å². The van der Waals surface area contributed by atoms with Crippen LogP contribution in [0.4, 0.5) is 0 Å². The van der Waals surface area contributed by atoms with Gasteiger partial charge < -0.3 is 14.1 Å². The van der Waals surface area contributed by atoms with E-state index in [2.05, 4.69) is 0 Å². The highest BCUT2D eigenvalue weighted by Gasteiger charge is 2.43. The summed E-state index contributed by atoms with van der Waals surface area (Å²) in [5.41, 5.74) is 0. The highest BCUT2D eigenvalue weighted by atomic mass is 35.5. The third-order valence-electron chi connectivity index (χ3n) is 3.83. The highest BCUT2D eigenvalue weighted by Crippen LogP contribution is 2.41. The average molecular weight is 412 g/mol. The molecular weight excluding hydrogens is 394 g/mol. The normalized spacial score (nSPS) is 19.5. The van der Waals surface area contributed by atoms with Crippen molar-refractivity contribution < 1.29 is 18.7 Å². The number of halogens is 1. The molecule has 0 N–H and O–H groups in total. The van der Waals surface area contributed by atoms with Gasteiger partial charge in [-0.05, 0) is 36.4 Å². The van der Waals surface area contributed by atoms with Crippen molar-refractivity contribution in [2.45, 2.75) is 23.2 Å². The van der Waals surface area contributed by atoms with E-state index < -0.39 is 6.04 Å². The third-order valence-corrected chi connectivity index (χ3v) is 6.34. The van der Waals surface area contributed by atoms with Gasteiger partial charge in [-0.15, -0.1) is 23.5 Å². The van der Waals surface area contributed by atoms with Crippen LogP contribution in [0.5, 0.6) is 0 Å². The van der Waals surface area contributed by atoms with Gasteiger partial charge in [0, 0.05) is 28.3 Å². The second-order valence-corrected chi connectivity index (χ2v) is 8.33. The summed E-state index contributed by atoms with van der Waals surface area (Å²) in [4.78, 5) is 27.1. The van der Waals surface area contributed by atoms with E-state index in [9.17, 15) is 9.59 Å². The van der Waals surface area contributed by atoms with Crippen molar-refractivity contribution in [3.63, 3.8) is 0 Å². The van der Waals surface area contributed by atoms with Crippen LogP contribution >= 0.6 is 35.1 Å². The fraction of sp³-hybridized carbons (Fsp3) is 0.333. The van der Waals surface area contributed by atoms with Gasteiger partial charge in [0.25, 0.3) is 0 Å². The van der Waals surface area contributed by atoms with E-state index in [4.69, 9.17) is 20.8 Å². The number of ether oxygens (including phenoxy) is 1. The van der Waals surface area contributed by atoms with Crippen molar-refractivity contribution in [3.8, 4) is 0 Å². The minimum absolute atomic E-state index is 0.172. The van der Waals surface area contributed by atoms with Crippen molar-refractivity contribution in [1.82, 2.24) is 4.90 Å². The quantitative estimate of drug-likeness (QED) is 0.402. The van der Waals surface area contributed by atoms with Gasteiger partial charge in [0.15, 0.2) is 0 Å². The molecule has 0 radical (unpaired) electrons. The molecule has 1 aromatic heterocycles. The number of benzene rings is 1. The summed E-state index contributed by atoms with van der Waals surface area (Å²) in [6, 6.07) is 10.5. The number of rotatable bonds is 6. The first-order valence-electron chi connectivity index (χ1n) is 8.05. The Labute approximate surface area is 165 Å². The Kier molecular flexibility index (Phi) is 6.56. The lowest BCUT2D eigenvalue weighted by molar-refractivity contribution is -0.153. The Morgan fingerprint density at radius 3 is 2.77 bits per heavy atom. The minimum atomic E-state index is -0.590. The number of nitrogens with zero attached hydrogens (tertiary/aromatic N) is 1. The Balaban J connectivity index is 1.52. The van der Waals surface area contributed by atoms with Gasteiger partial charge in [-0.3, -0.25) is 4.79 Å². The van der Waals surface area contributed by atoms with Gasteiger partial charge in [-0.1, -0.05) is 11.6 Å². The minimum Gasteiger partial charge on any atom is -0.466 e. The molecule has 0 bridgehead atoms. The van der Waals surface area contributed by atoms with Crippen LogP contribution in [0.25, 0.3) is 0 Å². The topological polar surface area (TPSA) is 59.8 Å². The summed E-state index contributed by atoms with van der Waals surface area (Å²) in [5, 5.41) is 0.401. The van der Waals surface area contributed by atoms with Crippen LogP contribution < -0.4 is 0 Å². The fourth-order valence-corrected chi connectivity index (χ4v) is 4.92. The molecule has 0 spiro atoms. The van der Waals surface area contributed by atoms with Crippen LogP contribution in [-0.4, -0.2) is 40.9 Å². The zero-order valence-electron chi connectivity index (χ0n) is 14.1. The number of amides is 1. The molecule has 8 heteroatoms. The Bertz CT molecular complexity index is 751. The maximum atomic E-state index is 12.4. The molecule has 2 atom stereocenters. The standard InChI is InChI=1S/C18H18ClNO4S2/c1-12(21)20-15(11-26-17(20)16-3-2-8-23-16)18(22)24-9-10-25-14-6-4-13(19)5-7-14/h2-8,15,17H,9-11H2,1H3/t15-,17+/m0/s1. The van der Waals surface area contributed by atoms with Gasteiger partial charge in [-0.2, -0.15) is 0 Å². The number of thioether (sulfide) groups is 2. The second kappa shape index (κ2) is 8.88. The maximum Gasteiger partial charge on any atom is 0.329 e. The molecule has 26 heavy (non-hydrogen) atoms. The molecule has 1 aliphatic rings. The van der Waals surface area contributed by atoms with Crippen molar-refractivity contribution >= 4 is 47.0 Å². The first-order chi connectivity index (χ1) is 12.6. The van der Waals surface area contributed by atoms with Gasteiger partial charge in [-0.25, -0.2) is 4.79 Å². The summed E-state index contributed by atoms with van der Waals surface area (Å²) in [5.74, 6) is 1.24. The molecular formula is C18H18ClNO4S2. The average Bonchev–Trinajstić information content (AvgIpc) is 3.29. The molecule has 0 unspecified atom stereocenters. The number of hydrogen-bond donors (Lipinski definition) is 0. The molecule has 0 aliphatic carbocycles. The van der Waals surface area contributed by atoms with Gasteiger partial charge in [0.2, 0.25) is 5.91 Å². The lowest BCUT2D eigenvalue weighted by Crippen LogP contribution is -2.42. The molecule has 2 aromatic rings. The number of esters is 1. The summed E-state index contributed by atoms with van der Waals surface area (Å²) in [7, 11) is 0. The smallest absolute Gasteiger partial charge is 0.329 e. The molecule has 3 rings (SSSR count). The zero-order valence-corrected chi connectivity index (χ0v) is 16.5. The summed E-state index contributed by atoms with van der Waals surface area (Å²) in [6.45, 7) is 1.74. The molecule has 1 aromatic carbocycles. The lowest BCUT2D eigenvalue weighted by atomic mass is 10.2.